The van der Waals surface area contributed by atoms with Gasteiger partial charge in [-0.1, -0.05) is 24.3 Å². The van der Waals surface area contributed by atoms with Crippen molar-refractivity contribution in [1.29, 1.82) is 0 Å². The van der Waals surface area contributed by atoms with E-state index in [1.165, 1.54) is 60.7 Å². The van der Waals surface area contributed by atoms with Gasteiger partial charge in [-0.25, -0.2) is 18.0 Å². The number of phenolic OH excluding ortho intramolecular Hbond substituents is 2. The van der Waals surface area contributed by atoms with Crippen LogP contribution in [0.25, 0.3) is 21.5 Å². The lowest BCUT2D eigenvalue weighted by atomic mass is 10.1. The van der Waals surface area contributed by atoms with E-state index in [0.29, 0.717) is 11.1 Å². The summed E-state index contributed by atoms with van der Waals surface area (Å²) in [5.41, 5.74) is 0.605. The van der Waals surface area contributed by atoms with Crippen molar-refractivity contribution in [2.45, 2.75) is 9.79 Å². The molecule has 0 heterocycles. The summed E-state index contributed by atoms with van der Waals surface area (Å²) < 4.78 is 37.2. The number of fused-ring (bicyclic) bond motifs is 2. The number of phenols is 2. The summed E-state index contributed by atoms with van der Waals surface area (Å²) in [5.74, 6) is -0.641. The first kappa shape index (κ1) is 27.5. The van der Waals surface area contributed by atoms with Crippen molar-refractivity contribution in [3.63, 3.8) is 0 Å². The second-order valence-electron chi connectivity index (χ2n) is 9.72. The van der Waals surface area contributed by atoms with Gasteiger partial charge in [0.15, 0.2) is 0 Å². The molecule has 0 unspecified atom stereocenters. The van der Waals surface area contributed by atoms with Crippen LogP contribution in [0.4, 0.5) is 0 Å². The van der Waals surface area contributed by atoms with Gasteiger partial charge in [-0.2, -0.15) is 0 Å². The summed E-state index contributed by atoms with van der Waals surface area (Å²) in [6.07, 6.45) is 0. The summed E-state index contributed by atoms with van der Waals surface area (Å²) >= 11 is 0. The minimum absolute atomic E-state index is 0.00948. The number of ether oxygens (including phenoxy) is 2. The van der Waals surface area contributed by atoms with E-state index in [9.17, 15) is 28.2 Å². The van der Waals surface area contributed by atoms with Crippen molar-refractivity contribution in [3.05, 3.63) is 132 Å². The molecule has 8 nitrogen and oxygen atoms in total. The molecule has 0 aliphatic rings. The van der Waals surface area contributed by atoms with Gasteiger partial charge >= 0.3 is 11.9 Å². The Morgan fingerprint density at radius 1 is 0.465 bits per heavy atom. The summed E-state index contributed by atoms with van der Waals surface area (Å²) in [6.45, 7) is 0. The Labute approximate surface area is 245 Å². The van der Waals surface area contributed by atoms with E-state index >= 15 is 0 Å². The predicted octanol–water partition coefficient (Wildman–Crippen LogP) is 6.68. The second kappa shape index (κ2) is 11.0. The number of benzene rings is 6. The first-order valence-electron chi connectivity index (χ1n) is 13.0. The Kier molecular flexibility index (Phi) is 7.01. The SMILES string of the molecule is O=C(Oc1ccc(S(=O)(=O)c2ccc(OC(=O)c3ccc4cc(O)ccc4c3)cc2)cc1)c1ccc2cc(O)ccc2c1. The van der Waals surface area contributed by atoms with Gasteiger partial charge in [0.2, 0.25) is 9.84 Å². The molecule has 0 saturated heterocycles. The standard InChI is InChI=1S/C34H22O8S/c35-27-7-5-21-17-25(3-1-23(21)19-27)33(37)41-29-9-13-31(14-10-29)43(39,40)32-15-11-30(12-16-32)42-34(38)26-4-2-24-20-28(36)8-6-22(24)18-26/h1-20,35-36H. The van der Waals surface area contributed by atoms with Crippen molar-refractivity contribution in [3.8, 4) is 23.0 Å². The van der Waals surface area contributed by atoms with Crippen LogP contribution >= 0.6 is 0 Å². The topological polar surface area (TPSA) is 127 Å². The maximum atomic E-state index is 13.2. The van der Waals surface area contributed by atoms with Crippen LogP contribution < -0.4 is 9.47 Å². The molecule has 2 N–H and O–H groups in total. The van der Waals surface area contributed by atoms with Crippen LogP contribution in [0.15, 0.2) is 131 Å². The van der Waals surface area contributed by atoms with Gasteiger partial charge in [-0.3, -0.25) is 0 Å². The zero-order chi connectivity index (χ0) is 30.1. The molecule has 6 aromatic rings. The highest BCUT2D eigenvalue weighted by Gasteiger charge is 2.19. The van der Waals surface area contributed by atoms with Crippen LogP contribution in [0, 0.1) is 0 Å². The zero-order valence-electron chi connectivity index (χ0n) is 22.3. The Bertz CT molecular complexity index is 1990. The first-order valence-corrected chi connectivity index (χ1v) is 14.5. The number of carbonyl (C=O) groups excluding carboxylic acids is 2. The van der Waals surface area contributed by atoms with E-state index in [-0.39, 0.29) is 32.8 Å². The van der Waals surface area contributed by atoms with E-state index in [1.54, 1.807) is 60.7 Å². The Morgan fingerprint density at radius 2 is 0.814 bits per heavy atom. The average molecular weight is 591 g/mol. The fourth-order valence-electron chi connectivity index (χ4n) is 4.56. The molecule has 212 valence electrons. The molecule has 6 rings (SSSR count). The van der Waals surface area contributed by atoms with E-state index < -0.39 is 21.8 Å². The zero-order valence-corrected chi connectivity index (χ0v) is 23.1. The van der Waals surface area contributed by atoms with Gasteiger partial charge in [0.1, 0.15) is 23.0 Å². The highest BCUT2D eigenvalue weighted by Crippen LogP contribution is 2.27. The molecule has 6 aromatic carbocycles. The highest BCUT2D eigenvalue weighted by molar-refractivity contribution is 7.91. The van der Waals surface area contributed by atoms with E-state index in [0.717, 1.165) is 21.5 Å². The van der Waals surface area contributed by atoms with Crippen LogP contribution in [-0.2, 0) is 9.84 Å². The molecule has 43 heavy (non-hydrogen) atoms. The van der Waals surface area contributed by atoms with Gasteiger partial charge in [0, 0.05) is 0 Å². The molecule has 9 heteroatoms. The largest absolute Gasteiger partial charge is 0.508 e. The van der Waals surface area contributed by atoms with Crippen molar-refractivity contribution in [2.75, 3.05) is 0 Å². The molecule has 0 atom stereocenters. The number of esters is 2. The molecule has 0 amide bonds. The van der Waals surface area contributed by atoms with Crippen LogP contribution in [0.3, 0.4) is 0 Å². The van der Waals surface area contributed by atoms with Crippen molar-refractivity contribution >= 4 is 43.3 Å². The average Bonchev–Trinajstić information content (AvgIpc) is 3.01. The Balaban J connectivity index is 1.12. The monoisotopic (exact) mass is 590 g/mol. The maximum absolute atomic E-state index is 13.2. The lowest BCUT2D eigenvalue weighted by Gasteiger charge is -2.09. The van der Waals surface area contributed by atoms with Crippen molar-refractivity contribution < 1.29 is 37.7 Å². The molecule has 0 aliphatic heterocycles. The maximum Gasteiger partial charge on any atom is 0.343 e. The van der Waals surface area contributed by atoms with Gasteiger partial charge in [0.25, 0.3) is 0 Å². The molecule has 0 fully saturated rings. The summed E-state index contributed by atoms with van der Waals surface area (Å²) in [6, 6.07) is 30.4. The number of sulfone groups is 1. The molecule has 0 aliphatic carbocycles. The predicted molar refractivity (Wildman–Crippen MR) is 159 cm³/mol. The molecule has 0 saturated carbocycles. The van der Waals surface area contributed by atoms with E-state index in [1.807, 2.05) is 0 Å². The summed E-state index contributed by atoms with van der Waals surface area (Å²) in [4.78, 5) is 25.3. The van der Waals surface area contributed by atoms with Gasteiger partial charge < -0.3 is 19.7 Å². The van der Waals surface area contributed by atoms with Crippen LogP contribution in [0.2, 0.25) is 0 Å². The fraction of sp³-hybridized carbons (Fsp3) is 0. The number of rotatable bonds is 6. The number of aromatic hydroxyl groups is 2. The summed E-state index contributed by atoms with van der Waals surface area (Å²) in [7, 11) is -3.91. The van der Waals surface area contributed by atoms with Crippen molar-refractivity contribution in [2.24, 2.45) is 0 Å². The van der Waals surface area contributed by atoms with Gasteiger partial charge in [-0.15, -0.1) is 0 Å². The number of carbonyl (C=O) groups is 2. The van der Waals surface area contributed by atoms with Gasteiger partial charge in [0.05, 0.1) is 20.9 Å². The second-order valence-corrected chi connectivity index (χ2v) is 11.7. The molecule has 0 bridgehead atoms. The third kappa shape index (κ3) is 5.74. The Hall–Kier alpha value is -5.67. The third-order valence-corrected chi connectivity index (χ3v) is 8.59. The highest BCUT2D eigenvalue weighted by atomic mass is 32.2. The number of hydrogen-bond donors (Lipinski definition) is 2. The van der Waals surface area contributed by atoms with Crippen LogP contribution in [0.5, 0.6) is 23.0 Å². The van der Waals surface area contributed by atoms with Crippen LogP contribution in [0.1, 0.15) is 20.7 Å². The van der Waals surface area contributed by atoms with E-state index in [2.05, 4.69) is 0 Å². The molecule has 0 spiro atoms. The molecule has 0 radical (unpaired) electrons. The normalized spacial score (nSPS) is 11.3. The van der Waals surface area contributed by atoms with Gasteiger partial charge in [-0.05, 0) is 119 Å². The Morgan fingerprint density at radius 3 is 1.21 bits per heavy atom. The van der Waals surface area contributed by atoms with Crippen LogP contribution in [-0.4, -0.2) is 30.6 Å². The quantitative estimate of drug-likeness (QED) is 0.163. The fourth-order valence-corrected chi connectivity index (χ4v) is 5.82. The lowest BCUT2D eigenvalue weighted by molar-refractivity contribution is 0.0725. The minimum atomic E-state index is -3.91. The van der Waals surface area contributed by atoms with E-state index in [4.69, 9.17) is 9.47 Å². The smallest absolute Gasteiger partial charge is 0.343 e. The molecular formula is C34H22O8S. The molecular weight excluding hydrogens is 568 g/mol. The summed E-state index contributed by atoms with van der Waals surface area (Å²) in [5, 5.41) is 22.3. The number of hydrogen-bond acceptors (Lipinski definition) is 8. The van der Waals surface area contributed by atoms with Crippen molar-refractivity contribution in [1.82, 2.24) is 0 Å². The minimum Gasteiger partial charge on any atom is -0.508 e. The lowest BCUT2D eigenvalue weighted by Crippen LogP contribution is -2.09. The first-order chi connectivity index (χ1) is 20.7. The molecule has 0 aromatic heterocycles. The third-order valence-electron chi connectivity index (χ3n) is 6.81.